The molecule has 0 aromatic heterocycles. The smallest absolute Gasteiger partial charge is 0.223 e. The maximum Gasteiger partial charge on any atom is 0.223 e. The van der Waals surface area contributed by atoms with Gasteiger partial charge in [-0.1, -0.05) is 52.9 Å². The summed E-state index contributed by atoms with van der Waals surface area (Å²) in [6, 6.07) is 0. The number of hydrogen-bond acceptors (Lipinski definition) is 2. The molecule has 2 aliphatic rings. The molecule has 4 heteroatoms. The molecule has 0 aromatic carbocycles. The molecule has 0 radical (unpaired) electrons. The molecule has 0 aromatic rings. The van der Waals surface area contributed by atoms with Crippen LogP contribution in [0.2, 0.25) is 0 Å². The molecule has 0 aliphatic heterocycles. The van der Waals surface area contributed by atoms with Crippen molar-refractivity contribution in [1.82, 2.24) is 5.32 Å². The van der Waals surface area contributed by atoms with Gasteiger partial charge in [0.05, 0.1) is 0 Å². The monoisotopic (exact) mass is 284 g/mol. The van der Waals surface area contributed by atoms with Gasteiger partial charge in [0.1, 0.15) is 0 Å². The number of carbonyl (C=O) groups is 2. The van der Waals surface area contributed by atoms with Gasteiger partial charge in [0.15, 0.2) is 0 Å². The Kier molecular flexibility index (Phi) is 10.1. The third kappa shape index (κ3) is 6.40. The summed E-state index contributed by atoms with van der Waals surface area (Å²) in [5, 5.41) is 2.51. The molecular formula is C16H32N2O2. The van der Waals surface area contributed by atoms with Gasteiger partial charge in [-0.25, -0.2) is 0 Å². The van der Waals surface area contributed by atoms with Crippen LogP contribution in [0, 0.1) is 17.8 Å². The van der Waals surface area contributed by atoms with Crippen LogP contribution < -0.4 is 11.1 Å². The predicted octanol–water partition coefficient (Wildman–Crippen LogP) is 2.86. The van der Waals surface area contributed by atoms with E-state index in [1.807, 2.05) is 13.8 Å². The minimum Gasteiger partial charge on any atom is -0.369 e. The van der Waals surface area contributed by atoms with Crippen LogP contribution in [0.1, 0.15) is 65.7 Å². The largest absolute Gasteiger partial charge is 0.369 e. The summed E-state index contributed by atoms with van der Waals surface area (Å²) < 4.78 is 0. The second-order valence-corrected chi connectivity index (χ2v) is 5.55. The molecule has 0 bridgehead atoms. The van der Waals surface area contributed by atoms with Gasteiger partial charge in [-0.3, -0.25) is 9.59 Å². The minimum absolute atomic E-state index is 0.0694. The second kappa shape index (κ2) is 10.7. The molecule has 0 spiro atoms. The number of carbonyl (C=O) groups excluding carboxylic acids is 2. The molecule has 2 amide bonds. The summed E-state index contributed by atoms with van der Waals surface area (Å²) in [4.78, 5) is 21.6. The van der Waals surface area contributed by atoms with E-state index in [4.69, 9.17) is 5.73 Å². The normalized spacial score (nSPS) is 25.0. The summed E-state index contributed by atoms with van der Waals surface area (Å²) in [5.41, 5.74) is 5.06. The van der Waals surface area contributed by atoms with Gasteiger partial charge < -0.3 is 11.1 Å². The van der Waals surface area contributed by atoms with E-state index in [0.717, 1.165) is 18.8 Å². The first-order chi connectivity index (χ1) is 9.56. The SMILES string of the molecule is CC.CC1CCCCC1.CNC(=O)C1CCC1C(N)=O. The zero-order valence-corrected chi connectivity index (χ0v) is 13.6. The highest BCUT2D eigenvalue weighted by Crippen LogP contribution is 2.33. The Hall–Kier alpha value is -1.06. The Morgan fingerprint density at radius 3 is 1.70 bits per heavy atom. The van der Waals surface area contributed by atoms with E-state index in [-0.39, 0.29) is 23.7 Å². The Labute approximate surface area is 123 Å². The Morgan fingerprint density at radius 2 is 1.45 bits per heavy atom. The third-order valence-electron chi connectivity index (χ3n) is 4.12. The number of hydrogen-bond donors (Lipinski definition) is 2. The van der Waals surface area contributed by atoms with Crippen LogP contribution in [0.4, 0.5) is 0 Å². The van der Waals surface area contributed by atoms with E-state index in [2.05, 4.69) is 12.2 Å². The number of primary amides is 1. The van der Waals surface area contributed by atoms with Crippen LogP contribution in [0.25, 0.3) is 0 Å². The fourth-order valence-electron chi connectivity index (χ4n) is 2.65. The molecule has 20 heavy (non-hydrogen) atoms. The van der Waals surface area contributed by atoms with E-state index in [1.54, 1.807) is 7.05 Å². The first kappa shape index (κ1) is 18.9. The average molecular weight is 284 g/mol. The van der Waals surface area contributed by atoms with Crippen molar-refractivity contribution in [2.24, 2.45) is 23.5 Å². The van der Waals surface area contributed by atoms with Crippen LogP contribution in [-0.2, 0) is 9.59 Å². The third-order valence-corrected chi connectivity index (χ3v) is 4.12. The summed E-state index contributed by atoms with van der Waals surface area (Å²) in [6.07, 6.45) is 8.98. The van der Waals surface area contributed by atoms with Crippen LogP contribution >= 0.6 is 0 Å². The zero-order chi connectivity index (χ0) is 15.5. The molecule has 2 aliphatic carbocycles. The van der Waals surface area contributed by atoms with Crippen molar-refractivity contribution in [3.8, 4) is 0 Å². The molecule has 2 fully saturated rings. The van der Waals surface area contributed by atoms with Crippen molar-refractivity contribution >= 4 is 11.8 Å². The molecule has 2 saturated carbocycles. The van der Waals surface area contributed by atoms with Crippen molar-refractivity contribution in [2.45, 2.75) is 65.7 Å². The van der Waals surface area contributed by atoms with Crippen molar-refractivity contribution in [3.63, 3.8) is 0 Å². The fraction of sp³-hybridized carbons (Fsp3) is 0.875. The summed E-state index contributed by atoms with van der Waals surface area (Å²) >= 11 is 0. The molecule has 0 saturated heterocycles. The Bertz CT molecular complexity index is 286. The van der Waals surface area contributed by atoms with E-state index in [9.17, 15) is 9.59 Å². The number of nitrogens with two attached hydrogens (primary N) is 1. The van der Waals surface area contributed by atoms with Crippen LogP contribution in [0.5, 0.6) is 0 Å². The minimum atomic E-state index is -0.357. The van der Waals surface area contributed by atoms with Gasteiger partial charge in [0.25, 0.3) is 0 Å². The van der Waals surface area contributed by atoms with E-state index in [0.29, 0.717) is 0 Å². The lowest BCUT2D eigenvalue weighted by molar-refractivity contribution is -0.138. The van der Waals surface area contributed by atoms with Crippen LogP contribution in [0.15, 0.2) is 0 Å². The first-order valence-corrected chi connectivity index (χ1v) is 8.07. The van der Waals surface area contributed by atoms with E-state index >= 15 is 0 Å². The molecule has 2 atom stereocenters. The quantitative estimate of drug-likeness (QED) is 0.818. The second-order valence-electron chi connectivity index (χ2n) is 5.55. The lowest BCUT2D eigenvalue weighted by Gasteiger charge is -2.32. The molecular weight excluding hydrogens is 252 g/mol. The fourth-order valence-corrected chi connectivity index (χ4v) is 2.65. The molecule has 4 nitrogen and oxygen atoms in total. The topological polar surface area (TPSA) is 72.2 Å². The highest BCUT2D eigenvalue weighted by atomic mass is 16.2. The van der Waals surface area contributed by atoms with Gasteiger partial charge in [0.2, 0.25) is 11.8 Å². The lowest BCUT2D eigenvalue weighted by atomic mass is 9.73. The van der Waals surface area contributed by atoms with Crippen molar-refractivity contribution < 1.29 is 9.59 Å². The van der Waals surface area contributed by atoms with Crippen LogP contribution in [0.3, 0.4) is 0 Å². The number of rotatable bonds is 2. The van der Waals surface area contributed by atoms with Crippen molar-refractivity contribution in [2.75, 3.05) is 7.05 Å². The average Bonchev–Trinajstić information content (AvgIpc) is 2.40. The zero-order valence-electron chi connectivity index (χ0n) is 13.6. The summed E-state index contributed by atoms with van der Waals surface area (Å²) in [7, 11) is 1.57. The van der Waals surface area contributed by atoms with Crippen LogP contribution in [-0.4, -0.2) is 18.9 Å². The molecule has 0 heterocycles. The Balaban J connectivity index is 0.000000345. The first-order valence-electron chi connectivity index (χ1n) is 8.07. The maximum absolute atomic E-state index is 11.0. The molecule has 2 unspecified atom stereocenters. The number of nitrogens with one attached hydrogen (secondary N) is 1. The molecule has 3 N–H and O–H groups in total. The predicted molar refractivity (Wildman–Crippen MR) is 83.1 cm³/mol. The van der Waals surface area contributed by atoms with Crippen molar-refractivity contribution in [3.05, 3.63) is 0 Å². The van der Waals surface area contributed by atoms with Crippen molar-refractivity contribution in [1.29, 1.82) is 0 Å². The van der Waals surface area contributed by atoms with Gasteiger partial charge in [-0.2, -0.15) is 0 Å². The molecule has 118 valence electrons. The van der Waals surface area contributed by atoms with Gasteiger partial charge in [-0.15, -0.1) is 0 Å². The highest BCUT2D eigenvalue weighted by molar-refractivity contribution is 5.88. The van der Waals surface area contributed by atoms with Gasteiger partial charge in [0, 0.05) is 18.9 Å². The number of amides is 2. The lowest BCUT2D eigenvalue weighted by Crippen LogP contribution is -2.45. The van der Waals surface area contributed by atoms with E-state index in [1.165, 1.54) is 32.1 Å². The molecule has 2 rings (SSSR count). The maximum atomic E-state index is 11.0. The summed E-state index contributed by atoms with van der Waals surface area (Å²) in [6.45, 7) is 6.36. The van der Waals surface area contributed by atoms with Gasteiger partial charge in [-0.05, 0) is 18.8 Å². The Morgan fingerprint density at radius 1 is 0.950 bits per heavy atom. The highest BCUT2D eigenvalue weighted by Gasteiger charge is 2.39. The van der Waals surface area contributed by atoms with Gasteiger partial charge >= 0.3 is 0 Å². The summed E-state index contributed by atoms with van der Waals surface area (Å²) in [5.74, 6) is 0.214. The standard InChI is InChI=1S/C7H12N2O2.C7H14.C2H6/c1-9-7(11)5-3-2-4(5)6(8)10;1-7-5-3-2-4-6-7;1-2/h4-5H,2-3H2,1H3,(H2,8,10)(H,9,11);7H,2-6H2,1H3;1-2H3. The van der Waals surface area contributed by atoms with E-state index < -0.39 is 0 Å².